The van der Waals surface area contributed by atoms with Gasteiger partial charge in [0.2, 0.25) is 0 Å². The van der Waals surface area contributed by atoms with Crippen LogP contribution in [0.3, 0.4) is 0 Å². The number of ether oxygens (including phenoxy) is 1. The summed E-state index contributed by atoms with van der Waals surface area (Å²) >= 11 is 8.25. The second kappa shape index (κ2) is 12.1. The molecule has 0 aliphatic rings. The Morgan fingerprint density at radius 2 is 1.90 bits per heavy atom. The summed E-state index contributed by atoms with van der Waals surface area (Å²) in [5, 5.41) is 5.39. The molecule has 0 radical (unpaired) electrons. The average Bonchev–Trinajstić information content (AvgIpc) is 2.71. The number of thioether (sulfide) groups is 1. The molecule has 0 aliphatic heterocycles. The lowest BCUT2D eigenvalue weighted by molar-refractivity contribution is -0.149. The van der Waals surface area contributed by atoms with E-state index in [2.05, 4.69) is 42.5 Å². The average molecular weight is 558 g/mol. The molecule has 1 atom stereocenters. The number of rotatable bonds is 9. The Morgan fingerprint density at radius 3 is 2.57 bits per heavy atom. The van der Waals surface area contributed by atoms with Crippen LogP contribution in [0.4, 0.5) is 5.69 Å². The first-order valence-electron chi connectivity index (χ1n) is 9.08. The minimum absolute atomic E-state index is 0.356. The lowest BCUT2D eigenvalue weighted by Gasteiger charge is -2.17. The summed E-state index contributed by atoms with van der Waals surface area (Å²) in [6.07, 6.45) is 2.31. The van der Waals surface area contributed by atoms with Crippen LogP contribution in [0.1, 0.15) is 22.3 Å². The van der Waals surface area contributed by atoms with Crippen LogP contribution < -0.4 is 10.6 Å². The van der Waals surface area contributed by atoms with Crippen molar-refractivity contribution in [3.63, 3.8) is 0 Å². The van der Waals surface area contributed by atoms with Crippen LogP contribution in [-0.4, -0.2) is 42.4 Å². The SMILES string of the molecule is CSCCC(NC(=O)c1cccc(C)c1)C(=O)OCC(=O)Nc1ccc(Br)cc1Br. The Bertz CT molecular complexity index is 924. The van der Waals surface area contributed by atoms with E-state index >= 15 is 0 Å². The van der Waals surface area contributed by atoms with E-state index in [-0.39, 0.29) is 5.91 Å². The molecule has 2 amide bonds. The molecule has 0 aliphatic carbocycles. The quantitative estimate of drug-likeness (QED) is 0.442. The van der Waals surface area contributed by atoms with Gasteiger partial charge in [-0.3, -0.25) is 9.59 Å². The molecule has 0 aromatic heterocycles. The third-order valence-electron chi connectivity index (χ3n) is 4.03. The van der Waals surface area contributed by atoms with Crippen molar-refractivity contribution in [3.8, 4) is 0 Å². The van der Waals surface area contributed by atoms with Gasteiger partial charge in [0.25, 0.3) is 11.8 Å². The van der Waals surface area contributed by atoms with Crippen LogP contribution in [-0.2, 0) is 14.3 Å². The second-order valence-electron chi connectivity index (χ2n) is 6.46. The van der Waals surface area contributed by atoms with E-state index < -0.39 is 24.5 Å². The van der Waals surface area contributed by atoms with Gasteiger partial charge in [0.05, 0.1) is 5.69 Å². The van der Waals surface area contributed by atoms with Crippen molar-refractivity contribution in [1.82, 2.24) is 5.32 Å². The first-order valence-corrected chi connectivity index (χ1v) is 12.1. The van der Waals surface area contributed by atoms with Crippen LogP contribution in [0, 0.1) is 6.92 Å². The molecule has 0 saturated carbocycles. The number of anilines is 1. The molecule has 160 valence electrons. The number of carbonyl (C=O) groups is 3. The summed E-state index contributed by atoms with van der Waals surface area (Å²) in [6.45, 7) is 1.44. The number of hydrogen-bond acceptors (Lipinski definition) is 5. The van der Waals surface area contributed by atoms with Gasteiger partial charge in [-0.15, -0.1) is 0 Å². The van der Waals surface area contributed by atoms with Gasteiger partial charge in [-0.1, -0.05) is 33.6 Å². The minimum Gasteiger partial charge on any atom is -0.454 e. The molecule has 0 fully saturated rings. The fourth-order valence-corrected chi connectivity index (χ4v) is 4.14. The van der Waals surface area contributed by atoms with Gasteiger partial charge in [0, 0.05) is 14.5 Å². The number of hydrogen-bond donors (Lipinski definition) is 2. The fraction of sp³-hybridized carbons (Fsp3) is 0.286. The Kier molecular flexibility index (Phi) is 9.87. The molecular weight excluding hydrogens is 536 g/mol. The first-order chi connectivity index (χ1) is 14.3. The molecule has 6 nitrogen and oxygen atoms in total. The summed E-state index contributed by atoms with van der Waals surface area (Å²) < 4.78 is 6.71. The zero-order valence-electron chi connectivity index (χ0n) is 16.5. The van der Waals surface area contributed by atoms with E-state index in [1.54, 1.807) is 48.2 Å². The molecule has 0 heterocycles. The Hall–Kier alpha value is -1.84. The molecule has 0 spiro atoms. The van der Waals surface area contributed by atoms with Crippen molar-refractivity contribution in [2.24, 2.45) is 0 Å². The van der Waals surface area contributed by atoms with Gasteiger partial charge in [-0.05, 0) is 71.6 Å². The number of halogens is 2. The fourth-order valence-electron chi connectivity index (χ4n) is 2.53. The van der Waals surface area contributed by atoms with Gasteiger partial charge in [-0.25, -0.2) is 4.79 Å². The van der Waals surface area contributed by atoms with Crippen LogP contribution in [0.15, 0.2) is 51.4 Å². The van der Waals surface area contributed by atoms with Crippen molar-refractivity contribution in [1.29, 1.82) is 0 Å². The second-order valence-corrected chi connectivity index (χ2v) is 9.21. The Balaban J connectivity index is 1.95. The maximum atomic E-state index is 12.5. The van der Waals surface area contributed by atoms with E-state index in [9.17, 15) is 14.4 Å². The van der Waals surface area contributed by atoms with Crippen molar-refractivity contribution in [2.45, 2.75) is 19.4 Å². The number of benzene rings is 2. The monoisotopic (exact) mass is 556 g/mol. The minimum atomic E-state index is -0.835. The largest absolute Gasteiger partial charge is 0.454 e. The molecule has 2 rings (SSSR count). The Morgan fingerprint density at radius 1 is 1.13 bits per heavy atom. The zero-order valence-corrected chi connectivity index (χ0v) is 20.5. The molecule has 0 saturated heterocycles. The van der Waals surface area contributed by atoms with Crippen LogP contribution in [0.25, 0.3) is 0 Å². The van der Waals surface area contributed by atoms with E-state index in [4.69, 9.17) is 4.74 Å². The summed E-state index contributed by atoms with van der Waals surface area (Å²) in [7, 11) is 0. The molecule has 2 aromatic rings. The van der Waals surface area contributed by atoms with E-state index in [1.807, 2.05) is 19.2 Å². The van der Waals surface area contributed by atoms with Crippen molar-refractivity contribution >= 4 is 67.1 Å². The maximum Gasteiger partial charge on any atom is 0.329 e. The number of nitrogens with one attached hydrogen (secondary N) is 2. The van der Waals surface area contributed by atoms with Crippen LogP contribution >= 0.6 is 43.6 Å². The number of amides is 2. The molecule has 2 aromatic carbocycles. The van der Waals surface area contributed by atoms with E-state index in [0.29, 0.717) is 27.9 Å². The molecule has 0 bridgehead atoms. The molecule has 9 heteroatoms. The Labute approximate surface area is 196 Å². The maximum absolute atomic E-state index is 12.5. The lowest BCUT2D eigenvalue weighted by Crippen LogP contribution is -2.43. The third-order valence-corrected chi connectivity index (χ3v) is 5.82. The van der Waals surface area contributed by atoms with Crippen molar-refractivity contribution in [3.05, 3.63) is 62.5 Å². The van der Waals surface area contributed by atoms with Crippen LogP contribution in [0.2, 0.25) is 0 Å². The van der Waals surface area contributed by atoms with E-state index in [1.165, 1.54) is 0 Å². The van der Waals surface area contributed by atoms with Crippen molar-refractivity contribution in [2.75, 3.05) is 23.9 Å². The summed E-state index contributed by atoms with van der Waals surface area (Å²) in [4.78, 5) is 37.2. The van der Waals surface area contributed by atoms with Gasteiger partial charge >= 0.3 is 5.97 Å². The summed E-state index contributed by atoms with van der Waals surface area (Å²) in [5.41, 5.74) is 1.97. The smallest absolute Gasteiger partial charge is 0.329 e. The molecular formula is C21H22Br2N2O4S. The molecule has 30 heavy (non-hydrogen) atoms. The zero-order chi connectivity index (χ0) is 22.1. The van der Waals surface area contributed by atoms with Gasteiger partial charge < -0.3 is 15.4 Å². The van der Waals surface area contributed by atoms with Gasteiger partial charge in [0.15, 0.2) is 6.61 Å². The van der Waals surface area contributed by atoms with Crippen molar-refractivity contribution < 1.29 is 19.1 Å². The standard InChI is InChI=1S/C21H22Br2N2O4S/c1-13-4-3-5-14(10-13)20(27)25-18(8-9-30-2)21(28)29-12-19(26)24-17-7-6-15(22)11-16(17)23/h3-7,10-11,18H,8-9,12H2,1-2H3,(H,24,26)(H,25,27). The normalized spacial score (nSPS) is 11.5. The summed E-state index contributed by atoms with van der Waals surface area (Å²) in [6, 6.07) is 11.6. The number of esters is 1. The predicted molar refractivity (Wildman–Crippen MR) is 127 cm³/mol. The lowest BCUT2D eigenvalue weighted by atomic mass is 10.1. The third kappa shape index (κ3) is 7.77. The molecule has 2 N–H and O–H groups in total. The number of aryl methyl sites for hydroxylation is 1. The topological polar surface area (TPSA) is 84.5 Å². The first kappa shape index (κ1) is 24.4. The van der Waals surface area contributed by atoms with Gasteiger partial charge in [-0.2, -0.15) is 11.8 Å². The van der Waals surface area contributed by atoms with Gasteiger partial charge in [0.1, 0.15) is 6.04 Å². The highest BCUT2D eigenvalue weighted by Gasteiger charge is 2.23. The van der Waals surface area contributed by atoms with E-state index in [0.717, 1.165) is 10.0 Å². The highest BCUT2D eigenvalue weighted by Crippen LogP contribution is 2.26. The molecule has 1 unspecified atom stereocenters. The predicted octanol–water partition coefficient (Wildman–Crippen LogP) is 4.55. The summed E-state index contributed by atoms with van der Waals surface area (Å²) in [5.74, 6) is -0.814. The highest BCUT2D eigenvalue weighted by atomic mass is 79.9. The number of carbonyl (C=O) groups excluding carboxylic acids is 3. The van der Waals surface area contributed by atoms with Crippen LogP contribution in [0.5, 0.6) is 0 Å². The highest BCUT2D eigenvalue weighted by molar-refractivity contribution is 9.11.